The summed E-state index contributed by atoms with van der Waals surface area (Å²) in [4.78, 5) is 0. The molecule has 2 unspecified atom stereocenters. The van der Waals surface area contributed by atoms with Gasteiger partial charge in [-0.25, -0.2) is 0 Å². The summed E-state index contributed by atoms with van der Waals surface area (Å²) in [5.74, 6) is 1.68. The summed E-state index contributed by atoms with van der Waals surface area (Å²) in [5, 5.41) is 0. The van der Waals surface area contributed by atoms with Gasteiger partial charge in [-0.15, -0.1) is 32.9 Å². The van der Waals surface area contributed by atoms with Crippen molar-refractivity contribution in [3.63, 3.8) is 0 Å². The van der Waals surface area contributed by atoms with Crippen LogP contribution in [-0.2, 0) is 0 Å². The summed E-state index contributed by atoms with van der Waals surface area (Å²) in [7, 11) is 0. The molecule has 0 radical (unpaired) electrons. The van der Waals surface area contributed by atoms with Crippen LogP contribution in [0.3, 0.4) is 0 Å². The molecule has 1 aromatic rings. The molecule has 1 aliphatic carbocycles. The fourth-order valence-corrected chi connectivity index (χ4v) is 2.81. The fraction of sp³-hybridized carbons (Fsp3) is 0.526. The summed E-state index contributed by atoms with van der Waals surface area (Å²) in [5.41, 5.74) is 2.66. The topological polar surface area (TPSA) is 0 Å². The molecule has 0 spiro atoms. The number of unbranched alkanes of at least 4 members (excludes halogenated alkanes) is 5. The third-order valence-corrected chi connectivity index (χ3v) is 5.28. The normalized spacial score (nSPS) is 14.7. The molecule has 0 aromatic heterocycles. The molecule has 0 heteroatoms. The first kappa shape index (κ1) is 45.6. The van der Waals surface area contributed by atoms with E-state index in [1.165, 1.54) is 68.9 Å². The Labute approximate surface area is 243 Å². The van der Waals surface area contributed by atoms with Crippen molar-refractivity contribution in [2.45, 2.75) is 120 Å². The average Bonchev–Trinajstić information content (AvgIpc) is 2.96. The van der Waals surface area contributed by atoms with E-state index in [9.17, 15) is 0 Å². The Morgan fingerprint density at radius 1 is 0.684 bits per heavy atom. The summed E-state index contributed by atoms with van der Waals surface area (Å²) in [6.07, 6.45) is 26.7. The van der Waals surface area contributed by atoms with Crippen molar-refractivity contribution in [1.82, 2.24) is 0 Å². The number of allylic oxidation sites excluding steroid dienone is 7. The van der Waals surface area contributed by atoms with Crippen LogP contribution >= 0.6 is 0 Å². The Bertz CT molecular complexity index is 572. The van der Waals surface area contributed by atoms with Crippen molar-refractivity contribution in [2.24, 2.45) is 11.8 Å². The van der Waals surface area contributed by atoms with Crippen molar-refractivity contribution in [1.29, 1.82) is 0 Å². The van der Waals surface area contributed by atoms with Gasteiger partial charge in [0.05, 0.1) is 0 Å². The first-order valence-corrected chi connectivity index (χ1v) is 14.9. The van der Waals surface area contributed by atoms with Crippen LogP contribution in [0.1, 0.15) is 119 Å². The Kier molecular flexibility index (Phi) is 53.5. The van der Waals surface area contributed by atoms with Crippen molar-refractivity contribution in [3.05, 3.63) is 111 Å². The zero-order valence-corrected chi connectivity index (χ0v) is 27.4. The molecule has 0 aliphatic heterocycles. The summed E-state index contributed by atoms with van der Waals surface area (Å²) in [6, 6.07) is 8.48. The molecule has 222 valence electrons. The molecule has 0 fully saturated rings. The van der Waals surface area contributed by atoms with Gasteiger partial charge < -0.3 is 0 Å². The van der Waals surface area contributed by atoms with Crippen LogP contribution in [0.2, 0.25) is 0 Å². The molecule has 1 aromatic carbocycles. The summed E-state index contributed by atoms with van der Waals surface area (Å²) >= 11 is 0. The maximum Gasteiger partial charge on any atom is 0 e. The van der Waals surface area contributed by atoms with Gasteiger partial charge in [0, 0.05) is 1.43 Å². The molecule has 0 heterocycles. The lowest BCUT2D eigenvalue weighted by Crippen LogP contribution is -2.01. The molecular weight excluding hydrogens is 456 g/mol. The minimum atomic E-state index is 0. The molecule has 38 heavy (non-hydrogen) atoms. The Morgan fingerprint density at radius 2 is 1.00 bits per heavy atom. The Morgan fingerprint density at radius 3 is 1.18 bits per heavy atom. The van der Waals surface area contributed by atoms with Gasteiger partial charge in [0.1, 0.15) is 0 Å². The largest absolute Gasteiger partial charge is 0.106 e. The molecule has 0 nitrogen and oxygen atoms in total. The Balaban J connectivity index is -0.0000000845. The summed E-state index contributed by atoms with van der Waals surface area (Å²) < 4.78 is 0. The van der Waals surface area contributed by atoms with Crippen LogP contribution in [0.5, 0.6) is 0 Å². The van der Waals surface area contributed by atoms with E-state index in [4.69, 9.17) is 0 Å². The predicted molar refractivity (Wildman–Crippen MR) is 186 cm³/mol. The van der Waals surface area contributed by atoms with E-state index in [-0.39, 0.29) is 1.43 Å². The number of rotatable bonds is 7. The highest BCUT2D eigenvalue weighted by Crippen LogP contribution is 2.20. The van der Waals surface area contributed by atoms with Crippen LogP contribution in [0.15, 0.2) is 99.7 Å². The van der Waals surface area contributed by atoms with Gasteiger partial charge >= 0.3 is 0 Å². The smallest absolute Gasteiger partial charge is 0 e. The molecular formula is C38H70. The highest BCUT2D eigenvalue weighted by Gasteiger charge is 2.06. The zero-order chi connectivity index (χ0) is 30.5. The minimum absolute atomic E-state index is 0. The average molecular weight is 528 g/mol. The lowest BCUT2D eigenvalue weighted by atomic mass is 9.91. The lowest BCUT2D eigenvalue weighted by Gasteiger charge is -2.15. The second kappa shape index (κ2) is 44.6. The quantitative estimate of drug-likeness (QED) is 0.188. The minimum Gasteiger partial charge on any atom is -0.106 e. The molecule has 0 saturated heterocycles. The van der Waals surface area contributed by atoms with Crippen molar-refractivity contribution in [3.8, 4) is 0 Å². The van der Waals surface area contributed by atoms with Gasteiger partial charge in [0.25, 0.3) is 0 Å². The monoisotopic (exact) mass is 528 g/mol. The van der Waals surface area contributed by atoms with Gasteiger partial charge in [-0.2, -0.15) is 0 Å². The van der Waals surface area contributed by atoms with Crippen molar-refractivity contribution < 1.29 is 1.43 Å². The van der Waals surface area contributed by atoms with Crippen LogP contribution < -0.4 is 0 Å². The summed E-state index contributed by atoms with van der Waals surface area (Å²) in [6.45, 7) is 35.0. The first-order valence-electron chi connectivity index (χ1n) is 14.9. The molecule has 1 aliphatic rings. The van der Waals surface area contributed by atoms with Gasteiger partial charge in [-0.1, -0.05) is 151 Å². The van der Waals surface area contributed by atoms with E-state index in [1.54, 1.807) is 0 Å². The predicted octanol–water partition coefficient (Wildman–Crippen LogP) is 13.9. The third kappa shape index (κ3) is 50.5. The van der Waals surface area contributed by atoms with Gasteiger partial charge in [0.2, 0.25) is 0 Å². The SMILES string of the molecule is C/C=C/C=C/C.C=C.C=C.C=CCCCC.CC1C=CC(C)CC1.CCCCCC.Cc1ccc(C)cc1.[2HH]. The highest BCUT2D eigenvalue weighted by molar-refractivity contribution is 5.19. The van der Waals surface area contributed by atoms with Crippen LogP contribution in [-0.4, -0.2) is 0 Å². The second-order valence-corrected chi connectivity index (χ2v) is 9.26. The molecule has 0 amide bonds. The number of hydrogen-bond donors (Lipinski definition) is 0. The number of benzene rings is 1. The zero-order valence-electron chi connectivity index (χ0n) is 27.4. The molecule has 2 atom stereocenters. The van der Waals surface area contributed by atoms with Crippen LogP contribution in [0, 0.1) is 25.7 Å². The van der Waals surface area contributed by atoms with Crippen LogP contribution in [0.4, 0.5) is 0 Å². The lowest BCUT2D eigenvalue weighted by molar-refractivity contribution is 0.502. The van der Waals surface area contributed by atoms with Gasteiger partial charge in [-0.3, -0.25) is 0 Å². The fourth-order valence-electron chi connectivity index (χ4n) is 2.81. The first-order chi connectivity index (χ1) is 18.3. The number of hydrogen-bond acceptors (Lipinski definition) is 0. The van der Waals surface area contributed by atoms with E-state index in [0.717, 1.165) is 11.8 Å². The van der Waals surface area contributed by atoms with E-state index in [2.05, 4.69) is 118 Å². The number of aryl methyl sites for hydroxylation is 2. The molecule has 0 saturated carbocycles. The molecule has 2 rings (SSSR count). The molecule has 0 bridgehead atoms. The van der Waals surface area contributed by atoms with Crippen LogP contribution in [0.25, 0.3) is 0 Å². The standard InChI is InChI=1S/C8H14.C8H10.C6H14.C6H12.C6H10.2C2H4.H2/c2*1-7-3-5-8(2)6-4-7;3*1-3-5-6-4-2;2*1-2;/h3,5,7-8H,4,6H2,1-2H3;3-6H,1-2H3;3-6H2,1-2H3;3H,1,4-6H2,2H3;3-6H,1-2H3;2*1-2H2;1H/b;;;;5-3+,6-4+;;;/i;;;;;;;1+1. The second-order valence-electron chi connectivity index (χ2n) is 9.26. The highest BCUT2D eigenvalue weighted by atomic mass is 14.1. The maximum absolute atomic E-state index is 3.60. The van der Waals surface area contributed by atoms with Crippen molar-refractivity contribution in [2.75, 3.05) is 0 Å². The molecule has 0 N–H and O–H groups in total. The van der Waals surface area contributed by atoms with Crippen molar-refractivity contribution >= 4 is 0 Å². The maximum atomic E-state index is 3.60. The van der Waals surface area contributed by atoms with E-state index < -0.39 is 0 Å². The van der Waals surface area contributed by atoms with Gasteiger partial charge in [0.15, 0.2) is 0 Å². The van der Waals surface area contributed by atoms with Gasteiger partial charge in [-0.05, 0) is 58.8 Å². The van der Waals surface area contributed by atoms with E-state index in [0.29, 0.717) is 0 Å². The Hall–Kier alpha value is -2.34. The third-order valence-electron chi connectivity index (χ3n) is 5.28. The van der Waals surface area contributed by atoms with E-state index >= 15 is 0 Å². The van der Waals surface area contributed by atoms with E-state index in [1.807, 2.05) is 44.2 Å².